The second-order valence-electron chi connectivity index (χ2n) is 6.20. The van der Waals surface area contributed by atoms with Gasteiger partial charge in [0.25, 0.3) is 5.91 Å². The molecule has 0 saturated carbocycles. The van der Waals surface area contributed by atoms with Crippen LogP contribution in [0, 0.1) is 0 Å². The Morgan fingerprint density at radius 3 is 3.00 bits per heavy atom. The minimum Gasteiger partial charge on any atom is -0.349 e. The summed E-state index contributed by atoms with van der Waals surface area (Å²) in [6.07, 6.45) is 6.25. The Labute approximate surface area is 131 Å². The lowest BCUT2D eigenvalue weighted by Gasteiger charge is -2.22. The van der Waals surface area contributed by atoms with Crippen LogP contribution in [0.2, 0.25) is 0 Å². The Kier molecular flexibility index (Phi) is 5.04. The van der Waals surface area contributed by atoms with Crippen LogP contribution in [0.5, 0.6) is 0 Å². The molecule has 0 radical (unpaired) electrons. The smallest absolute Gasteiger partial charge is 0.273 e. The lowest BCUT2D eigenvalue weighted by molar-refractivity contribution is 0.0936. The van der Waals surface area contributed by atoms with Crippen LogP contribution in [0.3, 0.4) is 0 Å². The van der Waals surface area contributed by atoms with Crippen molar-refractivity contribution in [3.63, 3.8) is 0 Å². The highest BCUT2D eigenvalue weighted by atomic mass is 16.2. The van der Waals surface area contributed by atoms with Gasteiger partial charge in [-0.15, -0.1) is 5.10 Å². The zero-order valence-electron chi connectivity index (χ0n) is 13.3. The molecule has 1 amide bonds. The normalized spacial score (nSPS) is 23.8. The topological polar surface area (TPSA) is 75.1 Å². The third kappa shape index (κ3) is 3.47. The molecule has 0 aliphatic carbocycles. The van der Waals surface area contributed by atoms with E-state index >= 15 is 0 Å². The SMILES string of the molecule is CCN1CCCC1CNC(=O)c1cn(C2CCNCC2)nn1. The van der Waals surface area contributed by atoms with E-state index in [2.05, 4.69) is 32.8 Å². The van der Waals surface area contributed by atoms with Gasteiger partial charge in [-0.2, -0.15) is 0 Å². The van der Waals surface area contributed by atoms with Crippen molar-refractivity contribution in [1.29, 1.82) is 0 Å². The van der Waals surface area contributed by atoms with Crippen LogP contribution >= 0.6 is 0 Å². The van der Waals surface area contributed by atoms with Crippen molar-refractivity contribution in [3.05, 3.63) is 11.9 Å². The number of piperidine rings is 1. The maximum atomic E-state index is 12.2. The molecular formula is C15H26N6O. The lowest BCUT2D eigenvalue weighted by atomic mass is 10.1. The van der Waals surface area contributed by atoms with Crippen molar-refractivity contribution in [2.45, 2.75) is 44.7 Å². The second-order valence-corrected chi connectivity index (χ2v) is 6.20. The van der Waals surface area contributed by atoms with Gasteiger partial charge in [-0.25, -0.2) is 4.68 Å². The Balaban J connectivity index is 1.53. The summed E-state index contributed by atoms with van der Waals surface area (Å²) in [6, 6.07) is 0.828. The number of nitrogens with zero attached hydrogens (tertiary/aromatic N) is 4. The molecule has 1 aromatic heterocycles. The van der Waals surface area contributed by atoms with E-state index in [9.17, 15) is 4.79 Å². The molecular weight excluding hydrogens is 280 g/mol. The van der Waals surface area contributed by atoms with Gasteiger partial charge in [0.1, 0.15) is 0 Å². The van der Waals surface area contributed by atoms with E-state index in [1.54, 1.807) is 6.20 Å². The van der Waals surface area contributed by atoms with Crippen LogP contribution in [-0.4, -0.2) is 64.6 Å². The Morgan fingerprint density at radius 1 is 1.41 bits per heavy atom. The number of aromatic nitrogens is 3. The number of carbonyl (C=O) groups excluding carboxylic acids is 1. The highest BCUT2D eigenvalue weighted by Gasteiger charge is 2.24. The van der Waals surface area contributed by atoms with E-state index in [0.717, 1.165) is 45.4 Å². The second kappa shape index (κ2) is 7.19. The fraction of sp³-hybridized carbons (Fsp3) is 0.800. The number of hydrogen-bond acceptors (Lipinski definition) is 5. The first-order valence-electron chi connectivity index (χ1n) is 8.42. The fourth-order valence-corrected chi connectivity index (χ4v) is 3.47. The van der Waals surface area contributed by atoms with E-state index in [-0.39, 0.29) is 5.91 Å². The summed E-state index contributed by atoms with van der Waals surface area (Å²) >= 11 is 0. The number of likely N-dealkylation sites (N-methyl/N-ethyl adjacent to an activating group) is 1. The van der Waals surface area contributed by atoms with Crippen molar-refractivity contribution >= 4 is 5.91 Å². The molecule has 22 heavy (non-hydrogen) atoms. The standard InChI is InChI=1S/C15H26N6O/c1-2-20-9-3-4-13(20)10-17-15(22)14-11-21(19-18-14)12-5-7-16-8-6-12/h11-13,16H,2-10H2,1H3,(H,17,22). The third-order valence-electron chi connectivity index (χ3n) is 4.83. The van der Waals surface area contributed by atoms with Crippen molar-refractivity contribution < 1.29 is 4.79 Å². The Bertz CT molecular complexity index is 496. The largest absolute Gasteiger partial charge is 0.349 e. The van der Waals surface area contributed by atoms with Crippen LogP contribution in [0.1, 0.15) is 49.1 Å². The van der Waals surface area contributed by atoms with Gasteiger partial charge < -0.3 is 10.6 Å². The Hall–Kier alpha value is -1.47. The molecule has 1 unspecified atom stereocenters. The fourth-order valence-electron chi connectivity index (χ4n) is 3.47. The first-order chi connectivity index (χ1) is 10.8. The summed E-state index contributed by atoms with van der Waals surface area (Å²) in [4.78, 5) is 14.7. The summed E-state index contributed by atoms with van der Waals surface area (Å²) in [7, 11) is 0. The molecule has 3 rings (SSSR count). The first kappa shape index (κ1) is 15.4. The average Bonchev–Trinajstić information content (AvgIpc) is 3.22. The predicted octanol–water partition coefficient (Wildman–Crippen LogP) is 0.417. The number of nitrogens with one attached hydrogen (secondary N) is 2. The lowest BCUT2D eigenvalue weighted by Crippen LogP contribution is -2.40. The molecule has 0 spiro atoms. The molecule has 2 N–H and O–H groups in total. The van der Waals surface area contributed by atoms with Crippen molar-refractivity contribution in [1.82, 2.24) is 30.5 Å². The van der Waals surface area contributed by atoms with Gasteiger partial charge in [-0.1, -0.05) is 12.1 Å². The van der Waals surface area contributed by atoms with Gasteiger partial charge in [0.15, 0.2) is 5.69 Å². The molecule has 122 valence electrons. The van der Waals surface area contributed by atoms with Crippen molar-refractivity contribution in [3.8, 4) is 0 Å². The summed E-state index contributed by atoms with van der Waals surface area (Å²) in [5, 5.41) is 14.5. The van der Waals surface area contributed by atoms with E-state index in [1.165, 1.54) is 6.42 Å². The van der Waals surface area contributed by atoms with Crippen LogP contribution in [0.25, 0.3) is 0 Å². The number of amides is 1. The van der Waals surface area contributed by atoms with Gasteiger partial charge in [-0.05, 0) is 51.9 Å². The van der Waals surface area contributed by atoms with E-state index < -0.39 is 0 Å². The van der Waals surface area contributed by atoms with Gasteiger partial charge in [0.2, 0.25) is 0 Å². The van der Waals surface area contributed by atoms with Crippen LogP contribution in [-0.2, 0) is 0 Å². The molecule has 2 aliphatic rings. The quantitative estimate of drug-likeness (QED) is 0.824. The van der Waals surface area contributed by atoms with E-state index in [4.69, 9.17) is 0 Å². The van der Waals surface area contributed by atoms with E-state index in [0.29, 0.717) is 24.3 Å². The molecule has 7 heteroatoms. The molecule has 0 aromatic carbocycles. The maximum absolute atomic E-state index is 12.2. The molecule has 0 bridgehead atoms. The minimum atomic E-state index is -0.108. The predicted molar refractivity (Wildman–Crippen MR) is 83.8 cm³/mol. The highest BCUT2D eigenvalue weighted by Crippen LogP contribution is 2.17. The average molecular weight is 306 g/mol. The number of rotatable bonds is 5. The summed E-state index contributed by atoms with van der Waals surface area (Å²) < 4.78 is 1.85. The molecule has 2 fully saturated rings. The zero-order valence-corrected chi connectivity index (χ0v) is 13.3. The third-order valence-corrected chi connectivity index (χ3v) is 4.83. The van der Waals surface area contributed by atoms with Crippen LogP contribution in [0.15, 0.2) is 6.20 Å². The monoisotopic (exact) mass is 306 g/mol. The van der Waals surface area contributed by atoms with E-state index in [1.807, 2.05) is 4.68 Å². The molecule has 1 aromatic rings. The van der Waals surface area contributed by atoms with Crippen LogP contribution in [0.4, 0.5) is 0 Å². The summed E-state index contributed by atoms with van der Waals surface area (Å²) in [6.45, 7) is 7.06. The maximum Gasteiger partial charge on any atom is 0.273 e. The zero-order chi connectivity index (χ0) is 15.4. The van der Waals surface area contributed by atoms with Gasteiger partial charge in [0.05, 0.1) is 12.2 Å². The molecule has 7 nitrogen and oxygen atoms in total. The number of likely N-dealkylation sites (tertiary alicyclic amines) is 1. The molecule has 2 saturated heterocycles. The van der Waals surface area contributed by atoms with Crippen molar-refractivity contribution in [2.75, 3.05) is 32.7 Å². The Morgan fingerprint density at radius 2 is 2.23 bits per heavy atom. The molecule has 1 atom stereocenters. The highest BCUT2D eigenvalue weighted by molar-refractivity contribution is 5.91. The number of hydrogen-bond donors (Lipinski definition) is 2. The van der Waals surface area contributed by atoms with Gasteiger partial charge in [-0.3, -0.25) is 9.69 Å². The van der Waals surface area contributed by atoms with Crippen LogP contribution < -0.4 is 10.6 Å². The summed E-state index contributed by atoms with van der Waals surface area (Å²) in [5.74, 6) is -0.108. The summed E-state index contributed by atoms with van der Waals surface area (Å²) in [5.41, 5.74) is 0.430. The number of carbonyl (C=O) groups is 1. The first-order valence-corrected chi connectivity index (χ1v) is 8.42. The van der Waals surface area contributed by atoms with Crippen molar-refractivity contribution in [2.24, 2.45) is 0 Å². The van der Waals surface area contributed by atoms with Gasteiger partial charge >= 0.3 is 0 Å². The minimum absolute atomic E-state index is 0.108. The van der Waals surface area contributed by atoms with Gasteiger partial charge in [0, 0.05) is 12.6 Å². The molecule has 2 aliphatic heterocycles. The molecule has 3 heterocycles.